The number of hydrogen-bond acceptors (Lipinski definition) is 3. The predicted octanol–water partition coefficient (Wildman–Crippen LogP) is 4.96. The van der Waals surface area contributed by atoms with Crippen molar-refractivity contribution in [2.75, 3.05) is 26.2 Å². The van der Waals surface area contributed by atoms with E-state index in [1.165, 1.54) is 29.7 Å². The molecule has 1 amide bonds. The van der Waals surface area contributed by atoms with Gasteiger partial charge in [0.2, 0.25) is 5.91 Å². The van der Waals surface area contributed by atoms with Crippen LogP contribution in [0.1, 0.15) is 56.7 Å². The summed E-state index contributed by atoms with van der Waals surface area (Å²) in [6.45, 7) is 8.81. The normalized spacial score (nSPS) is 18.2. The van der Waals surface area contributed by atoms with Gasteiger partial charge >= 0.3 is 0 Å². The van der Waals surface area contributed by atoms with Crippen LogP contribution in [-0.2, 0) is 11.3 Å². The number of carbonyl (C=O) groups is 1. The summed E-state index contributed by atoms with van der Waals surface area (Å²) >= 11 is 0. The van der Waals surface area contributed by atoms with Crippen LogP contribution in [0.3, 0.4) is 0 Å². The number of fused-ring (bicyclic) bond motifs is 1. The third kappa shape index (κ3) is 4.18. The molecule has 1 aromatic carbocycles. The van der Waals surface area contributed by atoms with Gasteiger partial charge in [-0.2, -0.15) is 0 Å². The Morgan fingerprint density at radius 2 is 1.72 bits per heavy atom. The molecule has 0 bridgehead atoms. The average Bonchev–Trinajstić information content (AvgIpc) is 3.48. The molecule has 5 heteroatoms. The molecule has 3 heterocycles. The topological polar surface area (TPSA) is 40.9 Å². The van der Waals surface area contributed by atoms with Crippen LogP contribution in [0.25, 0.3) is 16.9 Å². The Morgan fingerprint density at radius 1 is 1.00 bits per heavy atom. The van der Waals surface area contributed by atoms with Gasteiger partial charge in [-0.15, -0.1) is 0 Å². The molecule has 1 aliphatic heterocycles. The number of piperazine rings is 1. The molecule has 2 aromatic heterocycles. The zero-order valence-corrected chi connectivity index (χ0v) is 19.3. The summed E-state index contributed by atoms with van der Waals surface area (Å²) in [6.07, 6.45) is 6.71. The fourth-order valence-electron chi connectivity index (χ4n) is 5.22. The molecule has 2 aliphatic rings. The molecule has 1 saturated heterocycles. The summed E-state index contributed by atoms with van der Waals surface area (Å²) < 4.78 is 2.22. The Bertz CT molecular complexity index is 1070. The maximum absolute atomic E-state index is 12.8. The maximum Gasteiger partial charge on any atom is 0.225 e. The number of imidazole rings is 1. The first-order chi connectivity index (χ1) is 15.6. The minimum Gasteiger partial charge on any atom is -0.340 e. The second kappa shape index (κ2) is 9.07. The van der Waals surface area contributed by atoms with Crippen LogP contribution in [-0.4, -0.2) is 51.3 Å². The number of benzene rings is 1. The summed E-state index contributed by atoms with van der Waals surface area (Å²) in [5.74, 6) is 1.19. The fraction of sp³-hybridized carbons (Fsp3) is 0.481. The van der Waals surface area contributed by atoms with Crippen LogP contribution >= 0.6 is 0 Å². The van der Waals surface area contributed by atoms with Gasteiger partial charge in [0.05, 0.1) is 11.4 Å². The average molecular weight is 431 g/mol. The number of pyridine rings is 1. The standard InChI is InChI=1S/C27H34N4O/c1-20(2)21-10-12-22(13-11-21)26-24(31-14-6-5-9-25(31)28-26)19-29-15-17-30(18-16-29)27(32)23-7-3-4-8-23/h5-6,9-14,20,23H,3-4,7-8,15-19H2,1-2H3. The molecule has 1 saturated carbocycles. The third-order valence-electron chi connectivity index (χ3n) is 7.24. The van der Waals surface area contributed by atoms with Gasteiger partial charge in [-0.3, -0.25) is 9.69 Å². The molecule has 0 spiro atoms. The minimum absolute atomic E-state index is 0.278. The Balaban J connectivity index is 1.35. The van der Waals surface area contributed by atoms with E-state index in [1.54, 1.807) is 0 Å². The quantitative estimate of drug-likeness (QED) is 0.574. The van der Waals surface area contributed by atoms with Crippen LogP contribution in [0, 0.1) is 5.92 Å². The van der Waals surface area contributed by atoms with Crippen LogP contribution in [0.5, 0.6) is 0 Å². The van der Waals surface area contributed by atoms with Crippen LogP contribution in [0.2, 0.25) is 0 Å². The van der Waals surface area contributed by atoms with Crippen molar-refractivity contribution in [3.63, 3.8) is 0 Å². The van der Waals surface area contributed by atoms with Gasteiger partial charge in [0.1, 0.15) is 5.65 Å². The van der Waals surface area contributed by atoms with Gasteiger partial charge in [0.25, 0.3) is 0 Å². The first-order valence-corrected chi connectivity index (χ1v) is 12.2. The SMILES string of the molecule is CC(C)c1ccc(-c2nc3ccccn3c2CN2CCN(C(=O)C3CCCC3)CC2)cc1. The van der Waals surface area contributed by atoms with E-state index in [-0.39, 0.29) is 5.92 Å². The number of amides is 1. The van der Waals surface area contributed by atoms with Gasteiger partial charge in [-0.25, -0.2) is 4.98 Å². The lowest BCUT2D eigenvalue weighted by Crippen LogP contribution is -2.49. The van der Waals surface area contributed by atoms with Crippen molar-refractivity contribution in [1.82, 2.24) is 19.2 Å². The highest BCUT2D eigenvalue weighted by Gasteiger charge is 2.30. The predicted molar refractivity (Wildman–Crippen MR) is 129 cm³/mol. The van der Waals surface area contributed by atoms with Gasteiger partial charge < -0.3 is 9.30 Å². The zero-order valence-electron chi connectivity index (χ0n) is 19.3. The summed E-state index contributed by atoms with van der Waals surface area (Å²) in [5, 5.41) is 0. The summed E-state index contributed by atoms with van der Waals surface area (Å²) in [7, 11) is 0. The Kier molecular flexibility index (Phi) is 6.01. The molecule has 3 aromatic rings. The molecule has 2 fully saturated rings. The molecule has 1 aliphatic carbocycles. The largest absolute Gasteiger partial charge is 0.340 e. The van der Waals surface area contributed by atoms with Crippen molar-refractivity contribution in [1.29, 1.82) is 0 Å². The van der Waals surface area contributed by atoms with Gasteiger partial charge in [0, 0.05) is 50.4 Å². The van der Waals surface area contributed by atoms with Crippen molar-refractivity contribution in [3.8, 4) is 11.3 Å². The molecule has 0 unspecified atom stereocenters. The highest BCUT2D eigenvalue weighted by atomic mass is 16.2. The molecule has 0 N–H and O–H groups in total. The summed E-state index contributed by atoms with van der Waals surface area (Å²) in [6, 6.07) is 15.1. The van der Waals surface area contributed by atoms with Crippen molar-refractivity contribution in [2.24, 2.45) is 5.92 Å². The van der Waals surface area contributed by atoms with Crippen LogP contribution < -0.4 is 0 Å². The summed E-state index contributed by atoms with van der Waals surface area (Å²) in [4.78, 5) is 22.4. The van der Waals surface area contributed by atoms with Gasteiger partial charge in [0.15, 0.2) is 0 Å². The highest BCUT2D eigenvalue weighted by Crippen LogP contribution is 2.29. The maximum atomic E-state index is 12.8. The fourth-order valence-corrected chi connectivity index (χ4v) is 5.22. The Labute approximate surface area is 191 Å². The van der Waals surface area contributed by atoms with E-state index in [0.29, 0.717) is 11.8 Å². The highest BCUT2D eigenvalue weighted by molar-refractivity contribution is 5.79. The second-order valence-corrected chi connectivity index (χ2v) is 9.70. The van der Waals surface area contributed by atoms with Crippen molar-refractivity contribution < 1.29 is 4.79 Å². The number of rotatable bonds is 5. The monoisotopic (exact) mass is 430 g/mol. The molecule has 168 valence electrons. The van der Waals surface area contributed by atoms with Gasteiger partial charge in [-0.05, 0) is 36.5 Å². The van der Waals surface area contributed by atoms with E-state index in [2.05, 4.69) is 70.6 Å². The number of aromatic nitrogens is 2. The van der Waals surface area contributed by atoms with Crippen LogP contribution in [0.4, 0.5) is 0 Å². The number of hydrogen-bond donors (Lipinski definition) is 0. The zero-order chi connectivity index (χ0) is 22.1. The van der Waals surface area contributed by atoms with Crippen molar-refractivity contribution in [3.05, 3.63) is 59.9 Å². The molecular formula is C27H34N4O. The van der Waals surface area contributed by atoms with E-state index < -0.39 is 0 Å². The van der Waals surface area contributed by atoms with E-state index in [4.69, 9.17) is 4.98 Å². The molecule has 32 heavy (non-hydrogen) atoms. The van der Waals surface area contributed by atoms with Crippen molar-refractivity contribution in [2.45, 2.75) is 52.0 Å². The molecule has 5 nitrogen and oxygen atoms in total. The number of nitrogens with zero attached hydrogens (tertiary/aromatic N) is 4. The van der Waals surface area contributed by atoms with E-state index in [0.717, 1.165) is 56.9 Å². The van der Waals surface area contributed by atoms with Crippen LogP contribution in [0.15, 0.2) is 48.7 Å². The molecule has 0 atom stereocenters. The van der Waals surface area contributed by atoms with Crippen molar-refractivity contribution >= 4 is 11.6 Å². The van der Waals surface area contributed by atoms with E-state index in [9.17, 15) is 4.79 Å². The van der Waals surface area contributed by atoms with E-state index >= 15 is 0 Å². The first-order valence-electron chi connectivity index (χ1n) is 12.2. The Morgan fingerprint density at radius 3 is 2.41 bits per heavy atom. The minimum atomic E-state index is 0.278. The molecule has 5 rings (SSSR count). The lowest BCUT2D eigenvalue weighted by Gasteiger charge is -2.36. The molecular weight excluding hydrogens is 396 g/mol. The molecule has 0 radical (unpaired) electrons. The van der Waals surface area contributed by atoms with E-state index in [1.807, 2.05) is 6.07 Å². The third-order valence-corrected chi connectivity index (χ3v) is 7.24. The first kappa shape index (κ1) is 21.2. The summed E-state index contributed by atoms with van der Waals surface area (Å²) in [5.41, 5.74) is 5.80. The second-order valence-electron chi connectivity index (χ2n) is 9.70. The lowest BCUT2D eigenvalue weighted by atomic mass is 10.0. The Hall–Kier alpha value is -2.66. The number of carbonyl (C=O) groups excluding carboxylic acids is 1. The lowest BCUT2D eigenvalue weighted by molar-refractivity contribution is -0.137. The van der Waals surface area contributed by atoms with Gasteiger partial charge in [-0.1, -0.05) is 57.0 Å². The smallest absolute Gasteiger partial charge is 0.225 e.